The maximum atomic E-state index is 5.71. The number of nitrogens with one attached hydrogen (secondary N) is 2. The van der Waals surface area contributed by atoms with Crippen molar-refractivity contribution in [1.82, 2.24) is 10.2 Å². The van der Waals surface area contributed by atoms with Crippen LogP contribution in [0.3, 0.4) is 0 Å². The highest BCUT2D eigenvalue weighted by Gasteiger charge is 2.19. The van der Waals surface area contributed by atoms with Gasteiger partial charge in [0.25, 0.3) is 0 Å². The Labute approximate surface area is 158 Å². The zero-order valence-corrected chi connectivity index (χ0v) is 16.7. The third-order valence-electron chi connectivity index (χ3n) is 4.59. The lowest BCUT2D eigenvalue weighted by Crippen LogP contribution is -2.40. The van der Waals surface area contributed by atoms with Crippen molar-refractivity contribution in [3.05, 3.63) is 24.3 Å². The number of rotatable bonds is 8. The number of benzene rings is 1. The van der Waals surface area contributed by atoms with Crippen LogP contribution in [0.5, 0.6) is 5.75 Å². The molecule has 0 aromatic heterocycles. The van der Waals surface area contributed by atoms with Gasteiger partial charge in [-0.1, -0.05) is 19.4 Å². The summed E-state index contributed by atoms with van der Waals surface area (Å²) in [6, 6.07) is 8.70. The molecule has 0 aliphatic carbocycles. The first kappa shape index (κ1) is 20.0. The first-order valence-corrected chi connectivity index (χ1v) is 10.0. The number of likely N-dealkylation sites (tertiary alicyclic amines) is 1. The van der Waals surface area contributed by atoms with Crippen LogP contribution in [0.1, 0.15) is 52.9 Å². The number of thiocarbonyl (C=S) groups is 1. The lowest BCUT2D eigenvalue weighted by atomic mass is 10.00. The van der Waals surface area contributed by atoms with Gasteiger partial charge in [0.2, 0.25) is 0 Å². The number of anilines is 1. The van der Waals surface area contributed by atoms with Gasteiger partial charge in [0.15, 0.2) is 5.11 Å². The van der Waals surface area contributed by atoms with Gasteiger partial charge < -0.3 is 20.3 Å². The number of ether oxygens (including phenoxy) is 1. The van der Waals surface area contributed by atoms with E-state index >= 15 is 0 Å². The van der Waals surface area contributed by atoms with E-state index < -0.39 is 0 Å². The van der Waals surface area contributed by atoms with Crippen LogP contribution >= 0.6 is 12.2 Å². The summed E-state index contributed by atoms with van der Waals surface area (Å²) in [6.07, 6.45) is 6.65. The van der Waals surface area contributed by atoms with E-state index in [1.165, 1.54) is 32.2 Å². The summed E-state index contributed by atoms with van der Waals surface area (Å²) in [4.78, 5) is 2.65. The molecule has 0 amide bonds. The maximum Gasteiger partial charge on any atom is 0.170 e. The molecule has 2 N–H and O–H groups in total. The molecule has 1 atom stereocenters. The molecule has 1 saturated heterocycles. The Bertz CT molecular complexity index is 535. The van der Waals surface area contributed by atoms with Crippen molar-refractivity contribution in [2.75, 3.05) is 25.0 Å². The third kappa shape index (κ3) is 7.20. The fraction of sp³-hybridized carbons (Fsp3) is 0.650. The lowest BCUT2D eigenvalue weighted by Gasteiger charge is -2.35. The molecule has 1 aliphatic rings. The van der Waals surface area contributed by atoms with Crippen LogP contribution in [0, 0.1) is 0 Å². The van der Waals surface area contributed by atoms with Crippen molar-refractivity contribution in [1.29, 1.82) is 0 Å². The Kier molecular flexibility index (Phi) is 8.49. The zero-order chi connectivity index (χ0) is 18.1. The topological polar surface area (TPSA) is 36.5 Å². The van der Waals surface area contributed by atoms with E-state index in [2.05, 4.69) is 22.5 Å². The number of nitrogens with zero attached hydrogens (tertiary/aromatic N) is 1. The number of hydrogen-bond acceptors (Lipinski definition) is 3. The molecule has 5 heteroatoms. The molecule has 0 saturated carbocycles. The van der Waals surface area contributed by atoms with Gasteiger partial charge in [-0.3, -0.25) is 0 Å². The zero-order valence-electron chi connectivity index (χ0n) is 15.9. The lowest BCUT2D eigenvalue weighted by molar-refractivity contribution is 0.143. The standard InChI is InChI=1S/C20H33N3OS/c1-4-18-10-5-6-13-23(18)14-8-12-21-20(25)22-17-9-7-11-19(15-17)24-16(2)3/h7,9,11,15-16,18H,4-6,8,10,12-14H2,1-3H3,(H2,21,22,25)/t18-/m1/s1. The summed E-state index contributed by atoms with van der Waals surface area (Å²) in [5, 5.41) is 7.23. The van der Waals surface area contributed by atoms with Crippen LogP contribution in [-0.2, 0) is 0 Å². The van der Waals surface area contributed by atoms with E-state index in [-0.39, 0.29) is 6.10 Å². The first-order chi connectivity index (χ1) is 12.1. The van der Waals surface area contributed by atoms with Gasteiger partial charge >= 0.3 is 0 Å². The average molecular weight is 364 g/mol. The highest BCUT2D eigenvalue weighted by molar-refractivity contribution is 7.80. The monoisotopic (exact) mass is 363 g/mol. The summed E-state index contributed by atoms with van der Waals surface area (Å²) in [7, 11) is 0. The average Bonchev–Trinajstić information content (AvgIpc) is 2.59. The van der Waals surface area contributed by atoms with Gasteiger partial charge in [0.1, 0.15) is 5.75 Å². The van der Waals surface area contributed by atoms with E-state index in [4.69, 9.17) is 17.0 Å². The molecule has 1 fully saturated rings. The molecule has 0 radical (unpaired) electrons. The molecule has 1 heterocycles. The molecule has 1 aliphatic heterocycles. The predicted molar refractivity (Wildman–Crippen MR) is 111 cm³/mol. The minimum atomic E-state index is 0.169. The predicted octanol–water partition coefficient (Wildman–Crippen LogP) is 4.41. The molecule has 0 spiro atoms. The van der Waals surface area contributed by atoms with Crippen LogP contribution in [0.25, 0.3) is 0 Å². The van der Waals surface area contributed by atoms with Gasteiger partial charge in [-0.05, 0) is 70.4 Å². The second kappa shape index (κ2) is 10.6. The Balaban J connectivity index is 1.68. The fourth-order valence-corrected chi connectivity index (χ4v) is 3.62. The largest absolute Gasteiger partial charge is 0.491 e. The summed E-state index contributed by atoms with van der Waals surface area (Å²) in [5.74, 6) is 0.860. The third-order valence-corrected chi connectivity index (χ3v) is 4.84. The second-order valence-electron chi connectivity index (χ2n) is 7.02. The number of hydrogen-bond donors (Lipinski definition) is 2. The van der Waals surface area contributed by atoms with Crippen LogP contribution in [-0.4, -0.2) is 41.8 Å². The Morgan fingerprint density at radius 3 is 2.96 bits per heavy atom. The minimum absolute atomic E-state index is 0.169. The van der Waals surface area contributed by atoms with E-state index in [1.807, 2.05) is 38.1 Å². The second-order valence-corrected chi connectivity index (χ2v) is 7.43. The molecule has 1 aromatic carbocycles. The SMILES string of the molecule is CC[C@@H]1CCCCN1CCCNC(=S)Nc1cccc(OC(C)C)c1. The van der Waals surface area contributed by atoms with Crippen LogP contribution in [0.2, 0.25) is 0 Å². The Morgan fingerprint density at radius 1 is 1.36 bits per heavy atom. The molecule has 1 aromatic rings. The van der Waals surface area contributed by atoms with Crippen molar-refractivity contribution < 1.29 is 4.74 Å². The van der Waals surface area contributed by atoms with Crippen molar-refractivity contribution in [2.45, 2.75) is 65.0 Å². The van der Waals surface area contributed by atoms with Crippen molar-refractivity contribution in [3.63, 3.8) is 0 Å². The molecular formula is C20H33N3OS. The Hall–Kier alpha value is -1.33. The van der Waals surface area contributed by atoms with E-state index in [1.54, 1.807) is 0 Å². The van der Waals surface area contributed by atoms with Crippen molar-refractivity contribution in [3.8, 4) is 5.75 Å². The molecule has 0 unspecified atom stereocenters. The normalized spacial score (nSPS) is 18.2. The van der Waals surface area contributed by atoms with Gasteiger partial charge in [-0.2, -0.15) is 0 Å². The van der Waals surface area contributed by atoms with Crippen molar-refractivity contribution >= 4 is 23.0 Å². The van der Waals surface area contributed by atoms with E-state index in [9.17, 15) is 0 Å². The summed E-state index contributed by atoms with van der Waals surface area (Å²) in [5.41, 5.74) is 0.956. The summed E-state index contributed by atoms with van der Waals surface area (Å²) >= 11 is 5.41. The van der Waals surface area contributed by atoms with Crippen LogP contribution in [0.15, 0.2) is 24.3 Å². The van der Waals surface area contributed by atoms with Gasteiger partial charge in [-0.15, -0.1) is 0 Å². The van der Waals surface area contributed by atoms with Gasteiger partial charge in [0, 0.05) is 30.9 Å². The molecule has 25 heavy (non-hydrogen) atoms. The molecule has 140 valence electrons. The van der Waals surface area contributed by atoms with Gasteiger partial charge in [-0.25, -0.2) is 0 Å². The first-order valence-electron chi connectivity index (χ1n) is 9.64. The smallest absolute Gasteiger partial charge is 0.170 e. The fourth-order valence-electron chi connectivity index (χ4n) is 3.40. The molecule has 4 nitrogen and oxygen atoms in total. The highest BCUT2D eigenvalue weighted by Crippen LogP contribution is 2.20. The quantitative estimate of drug-likeness (QED) is 0.528. The van der Waals surface area contributed by atoms with Gasteiger partial charge in [0.05, 0.1) is 6.10 Å². The Morgan fingerprint density at radius 2 is 2.20 bits per heavy atom. The summed E-state index contributed by atoms with van der Waals surface area (Å²) in [6.45, 7) is 9.67. The minimum Gasteiger partial charge on any atom is -0.491 e. The number of piperidine rings is 1. The highest BCUT2D eigenvalue weighted by atomic mass is 32.1. The molecular weight excluding hydrogens is 330 g/mol. The molecule has 0 bridgehead atoms. The van der Waals surface area contributed by atoms with E-state index in [0.717, 1.165) is 37.0 Å². The van der Waals surface area contributed by atoms with Crippen molar-refractivity contribution in [2.24, 2.45) is 0 Å². The molecule has 2 rings (SSSR count). The van der Waals surface area contributed by atoms with E-state index in [0.29, 0.717) is 5.11 Å². The van der Waals surface area contributed by atoms with Crippen LogP contribution < -0.4 is 15.4 Å². The summed E-state index contributed by atoms with van der Waals surface area (Å²) < 4.78 is 5.71. The maximum absolute atomic E-state index is 5.71. The van der Waals surface area contributed by atoms with Crippen LogP contribution in [0.4, 0.5) is 5.69 Å².